The molecule has 9 heteroatoms. The van der Waals surface area contributed by atoms with Gasteiger partial charge < -0.3 is 10.1 Å². The van der Waals surface area contributed by atoms with E-state index >= 15 is 0 Å². The average molecular weight is 430 g/mol. The number of benzene rings is 2. The number of para-hydroxylation sites is 1. The number of amides is 1. The molecule has 0 radical (unpaired) electrons. The van der Waals surface area contributed by atoms with Crippen LogP contribution >= 0.6 is 15.9 Å². The van der Waals surface area contributed by atoms with Crippen LogP contribution in [0.4, 0.5) is 11.4 Å². The molecule has 0 atom stereocenters. The summed E-state index contributed by atoms with van der Waals surface area (Å²) >= 11 is 3.15. The van der Waals surface area contributed by atoms with Gasteiger partial charge in [-0.3, -0.25) is 14.9 Å². The van der Waals surface area contributed by atoms with Crippen molar-refractivity contribution in [2.45, 2.75) is 0 Å². The molecule has 3 aromatic rings. The van der Waals surface area contributed by atoms with Crippen LogP contribution in [0.1, 0.15) is 10.5 Å². The molecule has 0 spiro atoms. The highest BCUT2D eigenvalue weighted by molar-refractivity contribution is 9.10. The molecule has 8 nitrogen and oxygen atoms in total. The molecule has 1 amide bonds. The van der Waals surface area contributed by atoms with E-state index in [9.17, 15) is 19.7 Å². The Bertz CT molecular complexity index is 1050. The first-order valence-electron chi connectivity index (χ1n) is 7.71. The summed E-state index contributed by atoms with van der Waals surface area (Å²) in [7, 11) is 0. The van der Waals surface area contributed by atoms with Gasteiger partial charge in [0.25, 0.3) is 11.6 Å². The van der Waals surface area contributed by atoms with Crippen LogP contribution in [0, 0.1) is 10.1 Å². The number of esters is 1. The number of nitro benzene ring substituents is 1. The lowest BCUT2D eigenvalue weighted by Gasteiger charge is -2.08. The number of nitro groups is 1. The molecule has 0 aliphatic heterocycles. The Balaban J connectivity index is 1.61. The molecule has 27 heavy (non-hydrogen) atoms. The lowest BCUT2D eigenvalue weighted by atomic mass is 10.2. The standard InChI is InChI=1S/C18H12BrN3O5/c19-13-9-12(22(25)26)6-8-15(13)21-17(23)10-27-18(24)16-7-5-11-3-1-2-4-14(11)20-16/h1-9H,10H2,(H,21,23). The van der Waals surface area contributed by atoms with Crippen molar-refractivity contribution in [2.75, 3.05) is 11.9 Å². The fourth-order valence-electron chi connectivity index (χ4n) is 2.29. The Hall–Kier alpha value is -3.33. The summed E-state index contributed by atoms with van der Waals surface area (Å²) in [4.78, 5) is 38.4. The lowest BCUT2D eigenvalue weighted by Crippen LogP contribution is -2.21. The quantitative estimate of drug-likeness (QED) is 0.375. The van der Waals surface area contributed by atoms with Crippen molar-refractivity contribution in [3.63, 3.8) is 0 Å². The zero-order valence-electron chi connectivity index (χ0n) is 13.7. The molecule has 136 valence electrons. The number of fused-ring (bicyclic) bond motifs is 1. The van der Waals surface area contributed by atoms with Gasteiger partial charge in [0.2, 0.25) is 0 Å². The van der Waals surface area contributed by atoms with E-state index in [0.29, 0.717) is 15.7 Å². The van der Waals surface area contributed by atoms with Gasteiger partial charge in [-0.2, -0.15) is 0 Å². The van der Waals surface area contributed by atoms with Crippen LogP contribution in [-0.4, -0.2) is 28.4 Å². The third kappa shape index (κ3) is 4.45. The Kier molecular flexibility index (Phi) is 5.41. The number of hydrogen-bond donors (Lipinski definition) is 1. The van der Waals surface area contributed by atoms with Crippen molar-refractivity contribution in [3.05, 3.63) is 74.9 Å². The number of aromatic nitrogens is 1. The number of rotatable bonds is 5. The Morgan fingerprint density at radius 2 is 1.93 bits per heavy atom. The van der Waals surface area contributed by atoms with Crippen LogP contribution in [-0.2, 0) is 9.53 Å². The van der Waals surface area contributed by atoms with Gasteiger partial charge >= 0.3 is 5.97 Å². The first-order chi connectivity index (χ1) is 12.9. The fourth-order valence-corrected chi connectivity index (χ4v) is 2.76. The van der Waals surface area contributed by atoms with Gasteiger partial charge in [0, 0.05) is 22.0 Å². The molecule has 1 aromatic heterocycles. The average Bonchev–Trinajstić information content (AvgIpc) is 2.67. The van der Waals surface area contributed by atoms with Gasteiger partial charge in [-0.1, -0.05) is 24.3 Å². The van der Waals surface area contributed by atoms with E-state index < -0.39 is 23.4 Å². The van der Waals surface area contributed by atoms with Gasteiger partial charge in [-0.05, 0) is 34.1 Å². The van der Waals surface area contributed by atoms with Gasteiger partial charge in [0.05, 0.1) is 16.1 Å². The van der Waals surface area contributed by atoms with Crippen LogP contribution in [0.2, 0.25) is 0 Å². The molecule has 0 fully saturated rings. The van der Waals surface area contributed by atoms with Gasteiger partial charge in [0.1, 0.15) is 5.69 Å². The molecule has 0 saturated heterocycles. The Labute approximate surface area is 161 Å². The Morgan fingerprint density at radius 1 is 1.15 bits per heavy atom. The minimum Gasteiger partial charge on any atom is -0.451 e. The second-order valence-corrected chi connectivity index (χ2v) is 6.29. The number of hydrogen-bond acceptors (Lipinski definition) is 6. The fraction of sp³-hybridized carbons (Fsp3) is 0.0556. The second-order valence-electron chi connectivity index (χ2n) is 5.43. The highest BCUT2D eigenvalue weighted by Crippen LogP contribution is 2.27. The molecule has 0 unspecified atom stereocenters. The minimum atomic E-state index is -0.723. The number of nitrogens with zero attached hydrogens (tertiary/aromatic N) is 2. The monoisotopic (exact) mass is 429 g/mol. The number of pyridine rings is 1. The maximum atomic E-state index is 12.1. The molecule has 0 aliphatic carbocycles. The van der Waals surface area contributed by atoms with Crippen LogP contribution < -0.4 is 5.32 Å². The highest BCUT2D eigenvalue weighted by Gasteiger charge is 2.14. The zero-order chi connectivity index (χ0) is 19.4. The molecule has 0 saturated carbocycles. The number of anilines is 1. The van der Waals surface area contributed by atoms with Crippen molar-refractivity contribution in [1.82, 2.24) is 4.98 Å². The van der Waals surface area contributed by atoms with Crippen LogP contribution in [0.25, 0.3) is 10.9 Å². The molecule has 1 N–H and O–H groups in total. The SMILES string of the molecule is O=C(COC(=O)c1ccc2ccccc2n1)Nc1ccc([N+](=O)[O-])cc1Br. The minimum absolute atomic E-state index is 0.0954. The first kappa shape index (κ1) is 18.5. The second kappa shape index (κ2) is 7.92. The predicted molar refractivity (Wildman–Crippen MR) is 101 cm³/mol. The third-order valence-corrected chi connectivity index (χ3v) is 4.24. The van der Waals surface area contributed by atoms with Crippen molar-refractivity contribution < 1.29 is 19.2 Å². The molecule has 2 aromatic carbocycles. The van der Waals surface area contributed by atoms with E-state index in [2.05, 4.69) is 26.2 Å². The van der Waals surface area contributed by atoms with E-state index in [1.807, 2.05) is 12.1 Å². The molecule has 1 heterocycles. The number of non-ortho nitro benzene ring substituents is 1. The number of carbonyl (C=O) groups is 2. The summed E-state index contributed by atoms with van der Waals surface area (Å²) in [5.74, 6) is -1.31. The third-order valence-electron chi connectivity index (χ3n) is 3.58. The maximum absolute atomic E-state index is 12.1. The number of halogens is 1. The Morgan fingerprint density at radius 3 is 2.67 bits per heavy atom. The van der Waals surface area contributed by atoms with Crippen LogP contribution in [0.3, 0.4) is 0 Å². The topological polar surface area (TPSA) is 111 Å². The number of carbonyl (C=O) groups excluding carboxylic acids is 2. The van der Waals surface area contributed by atoms with E-state index in [-0.39, 0.29) is 11.4 Å². The van der Waals surface area contributed by atoms with Crippen molar-refractivity contribution in [2.24, 2.45) is 0 Å². The zero-order valence-corrected chi connectivity index (χ0v) is 15.3. The maximum Gasteiger partial charge on any atom is 0.357 e. The summed E-state index contributed by atoms with van der Waals surface area (Å²) in [6, 6.07) is 14.5. The normalized spacial score (nSPS) is 10.4. The predicted octanol–water partition coefficient (Wildman–Crippen LogP) is 3.70. The largest absolute Gasteiger partial charge is 0.451 e. The van der Waals surface area contributed by atoms with Crippen molar-refractivity contribution in [1.29, 1.82) is 0 Å². The summed E-state index contributed by atoms with van der Waals surface area (Å²) in [6.07, 6.45) is 0. The first-order valence-corrected chi connectivity index (χ1v) is 8.50. The van der Waals surface area contributed by atoms with E-state index in [0.717, 1.165) is 5.39 Å². The van der Waals surface area contributed by atoms with Crippen LogP contribution in [0.15, 0.2) is 59.1 Å². The molecule has 0 aliphatic rings. The van der Waals surface area contributed by atoms with E-state index in [1.165, 1.54) is 24.3 Å². The highest BCUT2D eigenvalue weighted by atomic mass is 79.9. The molecular weight excluding hydrogens is 418 g/mol. The van der Waals surface area contributed by atoms with E-state index in [4.69, 9.17) is 4.74 Å². The smallest absolute Gasteiger partial charge is 0.357 e. The number of nitrogens with one attached hydrogen (secondary N) is 1. The molecule has 0 bridgehead atoms. The summed E-state index contributed by atoms with van der Waals surface area (Å²) in [6.45, 7) is -0.517. The van der Waals surface area contributed by atoms with Crippen molar-refractivity contribution >= 4 is 50.1 Å². The van der Waals surface area contributed by atoms with E-state index in [1.54, 1.807) is 18.2 Å². The summed E-state index contributed by atoms with van der Waals surface area (Å²) in [5, 5.41) is 14.1. The van der Waals surface area contributed by atoms with Gasteiger partial charge in [0.15, 0.2) is 6.61 Å². The van der Waals surface area contributed by atoms with Crippen LogP contribution in [0.5, 0.6) is 0 Å². The summed E-state index contributed by atoms with van der Waals surface area (Å²) in [5.41, 5.74) is 0.948. The number of ether oxygens (including phenoxy) is 1. The summed E-state index contributed by atoms with van der Waals surface area (Å²) < 4.78 is 5.32. The van der Waals surface area contributed by atoms with Gasteiger partial charge in [-0.15, -0.1) is 0 Å². The lowest BCUT2D eigenvalue weighted by molar-refractivity contribution is -0.384. The van der Waals surface area contributed by atoms with Crippen molar-refractivity contribution in [3.8, 4) is 0 Å². The molecule has 3 rings (SSSR count). The molecular formula is C18H12BrN3O5. The van der Waals surface area contributed by atoms with Gasteiger partial charge in [-0.25, -0.2) is 9.78 Å².